The van der Waals surface area contributed by atoms with E-state index in [-0.39, 0.29) is 11.3 Å². The predicted molar refractivity (Wildman–Crippen MR) is 59.3 cm³/mol. The lowest BCUT2D eigenvalue weighted by molar-refractivity contribution is -0.385. The summed E-state index contributed by atoms with van der Waals surface area (Å²) < 4.78 is 4.45. The van der Waals surface area contributed by atoms with Crippen molar-refractivity contribution < 1.29 is 14.5 Å². The Labute approximate surface area is 94.8 Å². The van der Waals surface area contributed by atoms with E-state index in [4.69, 9.17) is 0 Å². The minimum Gasteiger partial charge on any atom is -0.465 e. The number of thiol groups is 1. The first-order valence-electron chi connectivity index (χ1n) is 3.78. The van der Waals surface area contributed by atoms with E-state index in [1.807, 2.05) is 0 Å². The van der Waals surface area contributed by atoms with Crippen LogP contribution in [0.4, 0.5) is 5.69 Å². The maximum absolute atomic E-state index is 11.2. The molecule has 0 bridgehead atoms. The van der Waals surface area contributed by atoms with Crippen LogP contribution in [0.1, 0.15) is 10.4 Å². The molecule has 0 aliphatic rings. The van der Waals surface area contributed by atoms with Gasteiger partial charge in [-0.1, -0.05) is 10.8 Å². The average Bonchev–Trinajstić information content (AvgIpc) is 2.26. The molecule has 0 amide bonds. The maximum atomic E-state index is 11.2. The molecule has 0 saturated carbocycles. The Morgan fingerprint density at radius 2 is 2.27 bits per heavy atom. The molecule has 0 fully saturated rings. The highest BCUT2D eigenvalue weighted by Gasteiger charge is 2.20. The van der Waals surface area contributed by atoms with Gasteiger partial charge in [-0.25, -0.2) is 4.79 Å². The molecular formula is C8H7NO4S2. The molecule has 1 rings (SSSR count). The lowest BCUT2D eigenvalue weighted by Gasteiger charge is -2.02. The van der Waals surface area contributed by atoms with Crippen LogP contribution >= 0.6 is 22.5 Å². The third kappa shape index (κ3) is 2.63. The van der Waals surface area contributed by atoms with Gasteiger partial charge in [0.15, 0.2) is 0 Å². The van der Waals surface area contributed by atoms with E-state index in [1.54, 1.807) is 0 Å². The summed E-state index contributed by atoms with van der Waals surface area (Å²) in [5.74, 6) is -0.731. The zero-order valence-corrected chi connectivity index (χ0v) is 9.38. The minimum atomic E-state index is -0.731. The molecule has 80 valence electrons. The number of nitro groups is 1. The van der Waals surface area contributed by atoms with Crippen molar-refractivity contribution in [1.29, 1.82) is 0 Å². The molecule has 5 nitrogen and oxygen atoms in total. The van der Waals surface area contributed by atoms with E-state index in [0.29, 0.717) is 4.90 Å². The highest BCUT2D eigenvalue weighted by molar-refractivity contribution is 8.68. The zero-order chi connectivity index (χ0) is 11.4. The SMILES string of the molecule is COC(=O)c1cc(SS)ccc1[N+](=O)[O-]. The van der Waals surface area contributed by atoms with Crippen LogP contribution in [0.2, 0.25) is 0 Å². The van der Waals surface area contributed by atoms with Crippen LogP contribution in [0.15, 0.2) is 23.1 Å². The van der Waals surface area contributed by atoms with Gasteiger partial charge in [0.05, 0.1) is 12.0 Å². The molecule has 1 aromatic carbocycles. The molecular weight excluding hydrogens is 238 g/mol. The summed E-state index contributed by atoms with van der Waals surface area (Å²) in [4.78, 5) is 21.9. The summed E-state index contributed by atoms with van der Waals surface area (Å²) in [5, 5.41) is 10.6. The lowest BCUT2D eigenvalue weighted by atomic mass is 10.2. The number of rotatable bonds is 3. The Morgan fingerprint density at radius 3 is 2.73 bits per heavy atom. The van der Waals surface area contributed by atoms with E-state index < -0.39 is 10.9 Å². The van der Waals surface area contributed by atoms with Crippen LogP contribution in [0, 0.1) is 10.1 Å². The van der Waals surface area contributed by atoms with Gasteiger partial charge in [0, 0.05) is 11.0 Å². The Balaban J connectivity index is 3.28. The van der Waals surface area contributed by atoms with Crippen LogP contribution in [0.3, 0.4) is 0 Å². The fourth-order valence-corrected chi connectivity index (χ4v) is 1.64. The van der Waals surface area contributed by atoms with E-state index in [1.165, 1.54) is 25.3 Å². The van der Waals surface area contributed by atoms with Gasteiger partial charge in [0.25, 0.3) is 5.69 Å². The second kappa shape index (κ2) is 5.04. The van der Waals surface area contributed by atoms with Gasteiger partial charge in [0.1, 0.15) is 5.56 Å². The van der Waals surface area contributed by atoms with Gasteiger partial charge in [-0.2, -0.15) is 0 Å². The molecule has 0 aliphatic carbocycles. The number of nitrogens with zero attached hydrogens (tertiary/aromatic N) is 1. The van der Waals surface area contributed by atoms with Crippen molar-refractivity contribution >= 4 is 34.1 Å². The first kappa shape index (κ1) is 11.9. The normalized spacial score (nSPS) is 9.73. The highest BCUT2D eigenvalue weighted by atomic mass is 33.1. The van der Waals surface area contributed by atoms with Crippen molar-refractivity contribution in [2.24, 2.45) is 0 Å². The largest absolute Gasteiger partial charge is 0.465 e. The molecule has 15 heavy (non-hydrogen) atoms. The van der Waals surface area contributed by atoms with E-state index in [9.17, 15) is 14.9 Å². The molecule has 0 unspecified atom stereocenters. The zero-order valence-electron chi connectivity index (χ0n) is 7.67. The number of esters is 1. The molecule has 0 spiro atoms. The van der Waals surface area contributed by atoms with Crippen molar-refractivity contribution in [2.45, 2.75) is 4.90 Å². The first-order chi connectivity index (χ1) is 7.10. The Morgan fingerprint density at radius 1 is 1.60 bits per heavy atom. The monoisotopic (exact) mass is 245 g/mol. The summed E-state index contributed by atoms with van der Waals surface area (Å²) in [5.41, 5.74) is -0.338. The molecule has 0 atom stereocenters. The quantitative estimate of drug-likeness (QED) is 0.291. The standard InChI is InChI=1S/C8H7NO4S2/c1-13-8(10)6-4-5(15-14)2-3-7(6)9(11)12/h2-4,14H,1H3. The summed E-state index contributed by atoms with van der Waals surface area (Å²) in [6.45, 7) is 0. The molecule has 0 N–H and O–H groups in total. The number of hydrogen-bond acceptors (Lipinski definition) is 6. The molecule has 0 aliphatic heterocycles. The Bertz CT molecular complexity index is 408. The summed E-state index contributed by atoms with van der Waals surface area (Å²) in [6, 6.07) is 4.15. The third-order valence-corrected chi connectivity index (χ3v) is 2.77. The van der Waals surface area contributed by atoms with Crippen molar-refractivity contribution in [1.82, 2.24) is 0 Å². The second-order valence-electron chi connectivity index (χ2n) is 2.52. The van der Waals surface area contributed by atoms with E-state index in [2.05, 4.69) is 16.4 Å². The molecule has 0 aromatic heterocycles. The summed E-state index contributed by atoms with van der Waals surface area (Å²) >= 11 is 3.94. The van der Waals surface area contributed by atoms with Crippen molar-refractivity contribution in [3.8, 4) is 0 Å². The van der Waals surface area contributed by atoms with Crippen LogP contribution in [-0.4, -0.2) is 18.0 Å². The second-order valence-corrected chi connectivity index (χ2v) is 3.72. The van der Waals surface area contributed by atoms with Crippen LogP contribution < -0.4 is 0 Å². The number of nitro benzene ring substituents is 1. The van der Waals surface area contributed by atoms with Gasteiger partial charge >= 0.3 is 5.97 Å². The first-order valence-corrected chi connectivity index (χ1v) is 5.65. The number of ether oxygens (including phenoxy) is 1. The molecule has 0 saturated heterocycles. The number of methoxy groups -OCH3 is 1. The van der Waals surface area contributed by atoms with Crippen molar-refractivity contribution in [3.63, 3.8) is 0 Å². The molecule has 0 heterocycles. The Hall–Kier alpha value is -1.21. The number of benzene rings is 1. The minimum absolute atomic E-state index is 0.0680. The topological polar surface area (TPSA) is 69.4 Å². The summed E-state index contributed by atoms with van der Waals surface area (Å²) in [6.07, 6.45) is 0. The average molecular weight is 245 g/mol. The van der Waals surface area contributed by atoms with Gasteiger partial charge in [-0.05, 0) is 12.1 Å². The van der Waals surface area contributed by atoms with Crippen molar-refractivity contribution in [3.05, 3.63) is 33.9 Å². The van der Waals surface area contributed by atoms with Gasteiger partial charge in [-0.3, -0.25) is 10.1 Å². The molecule has 1 aromatic rings. The highest BCUT2D eigenvalue weighted by Crippen LogP contribution is 2.28. The van der Waals surface area contributed by atoms with Gasteiger partial charge in [0.2, 0.25) is 0 Å². The lowest BCUT2D eigenvalue weighted by Crippen LogP contribution is -2.05. The molecule has 0 radical (unpaired) electrons. The number of carbonyl (C=O) groups is 1. The van der Waals surface area contributed by atoms with Crippen LogP contribution in [0.25, 0.3) is 0 Å². The predicted octanol–water partition coefficient (Wildman–Crippen LogP) is 2.32. The third-order valence-electron chi connectivity index (χ3n) is 1.68. The van der Waals surface area contributed by atoms with Crippen LogP contribution in [-0.2, 0) is 4.74 Å². The van der Waals surface area contributed by atoms with Crippen molar-refractivity contribution in [2.75, 3.05) is 7.11 Å². The fourth-order valence-electron chi connectivity index (χ4n) is 1.00. The maximum Gasteiger partial charge on any atom is 0.344 e. The smallest absolute Gasteiger partial charge is 0.344 e. The number of carbonyl (C=O) groups excluding carboxylic acids is 1. The van der Waals surface area contributed by atoms with Gasteiger partial charge in [-0.15, -0.1) is 11.7 Å². The van der Waals surface area contributed by atoms with Gasteiger partial charge < -0.3 is 4.74 Å². The number of hydrogen-bond donors (Lipinski definition) is 1. The summed E-state index contributed by atoms with van der Waals surface area (Å²) in [7, 11) is 2.27. The van der Waals surface area contributed by atoms with E-state index in [0.717, 1.165) is 10.8 Å². The fraction of sp³-hybridized carbons (Fsp3) is 0.125. The Kier molecular flexibility index (Phi) is 3.98. The van der Waals surface area contributed by atoms with E-state index >= 15 is 0 Å². The van der Waals surface area contributed by atoms with Crippen LogP contribution in [0.5, 0.6) is 0 Å². The molecule has 7 heteroatoms.